The minimum absolute atomic E-state index is 0.000244. The Labute approximate surface area is 210 Å². The summed E-state index contributed by atoms with van der Waals surface area (Å²) in [6, 6.07) is 4.39. The number of rotatable bonds is 9. The van der Waals surface area contributed by atoms with Gasteiger partial charge in [0.05, 0.1) is 32.3 Å². The van der Waals surface area contributed by atoms with Crippen LogP contribution in [0.3, 0.4) is 0 Å². The standard InChI is InChI=1S/C27H34O9/c1-14(7-9-23(30)27(2,3)33)6-8-16-17(28)12-20-24(25(16)31)18(29)13-19(36-20)15-10-21(34-4)26(32)22(11-15)35-5/h6,10-12,19,23,28,30-33H,7-9,13H2,1-5H3/b14-6+. The van der Waals surface area contributed by atoms with Crippen LogP contribution in [0.5, 0.6) is 34.5 Å². The third kappa shape index (κ3) is 5.68. The van der Waals surface area contributed by atoms with Crippen LogP contribution >= 0.6 is 0 Å². The van der Waals surface area contributed by atoms with E-state index in [1.807, 2.05) is 6.92 Å². The third-order valence-corrected chi connectivity index (χ3v) is 6.42. The number of Topliss-reactive ketones (excluding diaryl/α,β-unsaturated/α-hetero) is 1. The van der Waals surface area contributed by atoms with E-state index in [4.69, 9.17) is 14.2 Å². The minimum Gasteiger partial charge on any atom is -0.507 e. The van der Waals surface area contributed by atoms with Crippen molar-refractivity contribution in [2.45, 2.75) is 64.3 Å². The molecule has 0 bridgehead atoms. The van der Waals surface area contributed by atoms with Crippen molar-refractivity contribution in [2.75, 3.05) is 14.2 Å². The molecule has 0 aromatic heterocycles. The fourth-order valence-electron chi connectivity index (χ4n) is 4.08. The number of methoxy groups -OCH3 is 2. The van der Waals surface area contributed by atoms with Crippen molar-refractivity contribution < 1.29 is 44.5 Å². The fraction of sp³-hybridized carbons (Fsp3) is 0.444. The highest BCUT2D eigenvalue weighted by atomic mass is 16.5. The van der Waals surface area contributed by atoms with Crippen molar-refractivity contribution in [1.82, 2.24) is 0 Å². The number of phenolic OH excluding ortho intramolecular Hbond substituents is 3. The first-order valence-corrected chi connectivity index (χ1v) is 11.7. The van der Waals surface area contributed by atoms with Crippen LogP contribution in [0.15, 0.2) is 29.8 Å². The second-order valence-corrected chi connectivity index (χ2v) is 9.57. The number of ketones is 1. The second-order valence-electron chi connectivity index (χ2n) is 9.57. The van der Waals surface area contributed by atoms with Gasteiger partial charge in [0.25, 0.3) is 0 Å². The number of hydrogen-bond donors (Lipinski definition) is 5. The summed E-state index contributed by atoms with van der Waals surface area (Å²) in [6.45, 7) is 4.93. The Kier molecular flexibility index (Phi) is 8.05. The molecule has 2 unspecified atom stereocenters. The van der Waals surface area contributed by atoms with E-state index < -0.39 is 17.8 Å². The molecule has 0 amide bonds. The van der Waals surface area contributed by atoms with Crippen molar-refractivity contribution in [3.63, 3.8) is 0 Å². The van der Waals surface area contributed by atoms with Gasteiger partial charge < -0.3 is 39.7 Å². The van der Waals surface area contributed by atoms with Crippen LogP contribution in [0.2, 0.25) is 0 Å². The van der Waals surface area contributed by atoms with Crippen molar-refractivity contribution >= 4 is 5.78 Å². The van der Waals surface area contributed by atoms with Crippen molar-refractivity contribution in [2.24, 2.45) is 0 Å². The molecule has 0 aliphatic carbocycles. The average Bonchev–Trinajstić information content (AvgIpc) is 2.81. The summed E-state index contributed by atoms with van der Waals surface area (Å²) >= 11 is 0. The number of aromatic hydroxyl groups is 3. The van der Waals surface area contributed by atoms with E-state index in [0.717, 1.165) is 5.57 Å². The van der Waals surface area contributed by atoms with Crippen molar-refractivity contribution in [3.05, 3.63) is 46.5 Å². The quantitative estimate of drug-likeness (QED) is 0.322. The molecular weight excluding hydrogens is 468 g/mol. The third-order valence-electron chi connectivity index (χ3n) is 6.42. The lowest BCUT2D eigenvalue weighted by molar-refractivity contribution is -0.0509. The number of fused-ring (bicyclic) bond motifs is 1. The molecule has 2 atom stereocenters. The molecule has 0 saturated heterocycles. The molecule has 36 heavy (non-hydrogen) atoms. The molecule has 0 radical (unpaired) electrons. The number of carbonyl (C=O) groups excluding carboxylic acids is 1. The minimum atomic E-state index is -1.20. The van der Waals surface area contributed by atoms with E-state index in [1.165, 1.54) is 46.3 Å². The van der Waals surface area contributed by atoms with Crippen molar-refractivity contribution in [3.8, 4) is 34.5 Å². The van der Waals surface area contributed by atoms with Gasteiger partial charge in [0.2, 0.25) is 5.75 Å². The summed E-state index contributed by atoms with van der Waals surface area (Å²) < 4.78 is 16.3. The lowest BCUT2D eigenvalue weighted by Crippen LogP contribution is -2.35. The highest BCUT2D eigenvalue weighted by Crippen LogP contribution is 2.47. The summed E-state index contributed by atoms with van der Waals surface area (Å²) in [5, 5.41) is 51.5. The Hall–Kier alpha value is -3.43. The molecule has 5 N–H and O–H groups in total. The van der Waals surface area contributed by atoms with E-state index in [-0.39, 0.29) is 64.2 Å². The van der Waals surface area contributed by atoms with E-state index >= 15 is 0 Å². The summed E-state index contributed by atoms with van der Waals surface area (Å²) in [5.74, 6) is -0.732. The molecule has 2 aromatic rings. The summed E-state index contributed by atoms with van der Waals surface area (Å²) in [5.41, 5.74) is 0.409. The monoisotopic (exact) mass is 502 g/mol. The van der Waals surface area contributed by atoms with Gasteiger partial charge in [0.1, 0.15) is 28.9 Å². The van der Waals surface area contributed by atoms with Gasteiger partial charge in [0, 0.05) is 17.2 Å². The number of allylic oxidation sites excluding steroid dienone is 2. The van der Waals surface area contributed by atoms with Gasteiger partial charge in [0.15, 0.2) is 17.3 Å². The molecule has 1 heterocycles. The maximum Gasteiger partial charge on any atom is 0.200 e. The Morgan fingerprint density at radius 1 is 1.14 bits per heavy atom. The van der Waals surface area contributed by atoms with Crippen LogP contribution in [-0.2, 0) is 6.42 Å². The fourth-order valence-corrected chi connectivity index (χ4v) is 4.08. The molecule has 9 nitrogen and oxygen atoms in total. The first kappa shape index (κ1) is 27.2. The molecule has 3 rings (SSSR count). The molecular formula is C27H34O9. The largest absolute Gasteiger partial charge is 0.507 e. The molecule has 0 saturated carbocycles. The Morgan fingerprint density at radius 3 is 2.31 bits per heavy atom. The molecule has 1 aliphatic heterocycles. The predicted molar refractivity (Wildman–Crippen MR) is 132 cm³/mol. The highest BCUT2D eigenvalue weighted by Gasteiger charge is 2.33. The van der Waals surface area contributed by atoms with Gasteiger partial charge in [-0.2, -0.15) is 0 Å². The number of hydrogen-bond acceptors (Lipinski definition) is 9. The van der Waals surface area contributed by atoms with Crippen LogP contribution in [0.4, 0.5) is 0 Å². The van der Waals surface area contributed by atoms with Crippen LogP contribution in [0.1, 0.15) is 67.6 Å². The molecule has 0 spiro atoms. The van der Waals surface area contributed by atoms with Crippen LogP contribution in [-0.4, -0.2) is 57.2 Å². The summed E-state index contributed by atoms with van der Waals surface area (Å²) in [4.78, 5) is 13.0. The Balaban J connectivity index is 1.84. The predicted octanol–water partition coefficient (Wildman–Crippen LogP) is 3.93. The zero-order valence-corrected chi connectivity index (χ0v) is 21.2. The molecule has 9 heteroatoms. The van der Waals surface area contributed by atoms with Gasteiger partial charge >= 0.3 is 0 Å². The first-order valence-electron chi connectivity index (χ1n) is 11.7. The smallest absolute Gasteiger partial charge is 0.200 e. The first-order chi connectivity index (χ1) is 16.9. The van der Waals surface area contributed by atoms with E-state index in [9.17, 15) is 30.3 Å². The second kappa shape index (κ2) is 10.7. The average molecular weight is 503 g/mol. The van der Waals surface area contributed by atoms with Crippen LogP contribution < -0.4 is 14.2 Å². The molecule has 2 aromatic carbocycles. The van der Waals surface area contributed by atoms with Gasteiger partial charge in [-0.1, -0.05) is 11.6 Å². The summed E-state index contributed by atoms with van der Waals surface area (Å²) in [6.07, 6.45) is 1.12. The van der Waals surface area contributed by atoms with Crippen molar-refractivity contribution in [1.29, 1.82) is 0 Å². The van der Waals surface area contributed by atoms with Gasteiger partial charge in [-0.3, -0.25) is 4.79 Å². The zero-order valence-electron chi connectivity index (χ0n) is 21.2. The Morgan fingerprint density at radius 2 is 1.75 bits per heavy atom. The Bertz CT molecular complexity index is 1140. The van der Waals surface area contributed by atoms with E-state index in [2.05, 4.69) is 0 Å². The lowest BCUT2D eigenvalue weighted by Gasteiger charge is -2.27. The van der Waals surface area contributed by atoms with E-state index in [1.54, 1.807) is 6.08 Å². The number of ether oxygens (including phenoxy) is 3. The molecule has 1 aliphatic rings. The van der Waals surface area contributed by atoms with Gasteiger partial charge in [-0.25, -0.2) is 0 Å². The van der Waals surface area contributed by atoms with Crippen LogP contribution in [0, 0.1) is 0 Å². The maximum absolute atomic E-state index is 13.0. The maximum atomic E-state index is 13.0. The van der Waals surface area contributed by atoms with Gasteiger partial charge in [-0.05, 0) is 52.2 Å². The summed E-state index contributed by atoms with van der Waals surface area (Å²) in [7, 11) is 2.79. The molecule has 0 fully saturated rings. The van der Waals surface area contributed by atoms with E-state index in [0.29, 0.717) is 18.4 Å². The zero-order chi connectivity index (χ0) is 26.8. The number of phenols is 3. The number of aliphatic hydroxyl groups excluding tert-OH is 1. The normalized spacial score (nSPS) is 16.8. The number of benzene rings is 2. The SMILES string of the molecule is COc1cc(C2CC(=O)c3c(cc(O)c(C/C=C(\C)CCC(O)C(C)(C)O)c3O)O2)cc(OC)c1O. The molecule has 196 valence electrons. The number of carbonyl (C=O) groups is 1. The highest BCUT2D eigenvalue weighted by molar-refractivity contribution is 6.03. The number of aliphatic hydroxyl groups is 2. The topological polar surface area (TPSA) is 146 Å². The van der Waals surface area contributed by atoms with Crippen LogP contribution in [0.25, 0.3) is 0 Å². The van der Waals surface area contributed by atoms with Gasteiger partial charge in [-0.15, -0.1) is 0 Å². The lowest BCUT2D eigenvalue weighted by atomic mass is 9.92.